The molecule has 1 saturated heterocycles. The monoisotopic (exact) mass is 453 g/mol. The summed E-state index contributed by atoms with van der Waals surface area (Å²) in [5.41, 5.74) is 0.896. The standard InChI is InChI=1S/C23H24FN5O4/c24-16-5-7-17(8-6-16)26-19(30)15-3-1-14(2-4-15)13-25-21(32)27-18-9-11-23(12-10-18)20(31)28-22(33)29-23/h1-8,18H,9-13H2,(H,26,30)(H2,25,27,32)(H2,28,29,31,33). The van der Waals surface area contributed by atoms with Crippen LogP contribution in [-0.2, 0) is 11.3 Å². The Bertz CT molecular complexity index is 1060. The quantitative estimate of drug-likeness (QED) is 0.445. The number of carbonyl (C=O) groups excluding carboxylic acids is 4. The maximum atomic E-state index is 13.0. The van der Waals surface area contributed by atoms with Crippen molar-refractivity contribution in [2.75, 3.05) is 5.32 Å². The van der Waals surface area contributed by atoms with Crippen molar-refractivity contribution in [3.8, 4) is 0 Å². The minimum Gasteiger partial charge on any atom is -0.335 e. The van der Waals surface area contributed by atoms with Crippen LogP contribution in [0.15, 0.2) is 48.5 Å². The zero-order valence-electron chi connectivity index (χ0n) is 17.7. The summed E-state index contributed by atoms with van der Waals surface area (Å²) < 4.78 is 13.0. The molecule has 1 aliphatic heterocycles. The highest BCUT2D eigenvalue weighted by atomic mass is 19.1. The van der Waals surface area contributed by atoms with Gasteiger partial charge < -0.3 is 21.3 Å². The Labute approximate surface area is 189 Å². The van der Waals surface area contributed by atoms with Crippen LogP contribution in [-0.4, -0.2) is 35.5 Å². The predicted molar refractivity (Wildman–Crippen MR) is 118 cm³/mol. The van der Waals surface area contributed by atoms with Crippen LogP contribution in [0.5, 0.6) is 0 Å². The molecule has 10 heteroatoms. The number of benzene rings is 2. The fraction of sp³-hybridized carbons (Fsp3) is 0.304. The third-order valence-corrected chi connectivity index (χ3v) is 5.96. The van der Waals surface area contributed by atoms with Crippen molar-refractivity contribution in [1.82, 2.24) is 21.3 Å². The third-order valence-electron chi connectivity index (χ3n) is 5.96. The number of halogens is 1. The molecule has 5 N–H and O–H groups in total. The Morgan fingerprint density at radius 3 is 2.27 bits per heavy atom. The van der Waals surface area contributed by atoms with Crippen LogP contribution >= 0.6 is 0 Å². The minimum absolute atomic E-state index is 0.0848. The van der Waals surface area contributed by atoms with Gasteiger partial charge in [-0.1, -0.05) is 12.1 Å². The summed E-state index contributed by atoms with van der Waals surface area (Å²) in [5.74, 6) is -0.998. The topological polar surface area (TPSA) is 128 Å². The van der Waals surface area contributed by atoms with E-state index >= 15 is 0 Å². The van der Waals surface area contributed by atoms with E-state index in [2.05, 4.69) is 26.6 Å². The van der Waals surface area contributed by atoms with Crippen molar-refractivity contribution in [3.63, 3.8) is 0 Å². The number of hydrogen-bond donors (Lipinski definition) is 5. The van der Waals surface area contributed by atoms with Gasteiger partial charge in [0.25, 0.3) is 11.8 Å². The largest absolute Gasteiger partial charge is 0.335 e. The molecule has 9 nitrogen and oxygen atoms in total. The van der Waals surface area contributed by atoms with Gasteiger partial charge in [0.2, 0.25) is 0 Å². The van der Waals surface area contributed by atoms with Crippen LogP contribution < -0.4 is 26.6 Å². The summed E-state index contributed by atoms with van der Waals surface area (Å²) in [6, 6.07) is 11.4. The summed E-state index contributed by atoms with van der Waals surface area (Å²) in [7, 11) is 0. The summed E-state index contributed by atoms with van der Waals surface area (Å²) in [6.07, 6.45) is 2.10. The maximum Gasteiger partial charge on any atom is 0.322 e. The van der Waals surface area contributed by atoms with Gasteiger partial charge in [0.1, 0.15) is 11.4 Å². The molecular formula is C23H24FN5O4. The number of imide groups is 1. The Morgan fingerprint density at radius 1 is 1.00 bits per heavy atom. The molecule has 4 rings (SSSR count). The highest BCUT2D eigenvalue weighted by Gasteiger charge is 2.48. The predicted octanol–water partition coefficient (Wildman–Crippen LogP) is 2.40. The van der Waals surface area contributed by atoms with Gasteiger partial charge in [-0.15, -0.1) is 0 Å². The lowest BCUT2D eigenvalue weighted by Crippen LogP contribution is -2.53. The van der Waals surface area contributed by atoms with Gasteiger partial charge in [-0.25, -0.2) is 14.0 Å². The van der Waals surface area contributed by atoms with E-state index in [1.54, 1.807) is 24.3 Å². The smallest absolute Gasteiger partial charge is 0.322 e. The molecule has 33 heavy (non-hydrogen) atoms. The van der Waals surface area contributed by atoms with E-state index in [0.29, 0.717) is 36.9 Å². The lowest BCUT2D eigenvalue weighted by molar-refractivity contribution is -0.125. The van der Waals surface area contributed by atoms with Crippen molar-refractivity contribution < 1.29 is 23.6 Å². The van der Waals surface area contributed by atoms with Crippen LogP contribution in [0.3, 0.4) is 0 Å². The first kappa shape index (κ1) is 22.3. The number of carbonyl (C=O) groups is 4. The zero-order chi connectivity index (χ0) is 23.4. The van der Waals surface area contributed by atoms with E-state index in [-0.39, 0.29) is 36.2 Å². The van der Waals surface area contributed by atoms with Crippen LogP contribution in [0.25, 0.3) is 0 Å². The summed E-state index contributed by atoms with van der Waals surface area (Å²) in [5, 5.41) is 13.3. The molecule has 1 spiro atoms. The van der Waals surface area contributed by atoms with Gasteiger partial charge in [-0.3, -0.25) is 14.9 Å². The van der Waals surface area contributed by atoms with Gasteiger partial charge in [0.05, 0.1) is 0 Å². The first-order valence-corrected chi connectivity index (χ1v) is 10.7. The number of anilines is 1. The van der Waals surface area contributed by atoms with Crippen molar-refractivity contribution in [1.29, 1.82) is 0 Å². The van der Waals surface area contributed by atoms with Gasteiger partial charge >= 0.3 is 12.1 Å². The Morgan fingerprint density at radius 2 is 1.67 bits per heavy atom. The molecule has 2 aliphatic rings. The molecular weight excluding hydrogens is 429 g/mol. The van der Waals surface area contributed by atoms with Gasteiger partial charge in [0, 0.05) is 23.8 Å². The molecule has 172 valence electrons. The third kappa shape index (κ3) is 5.28. The Hall–Kier alpha value is -3.95. The first-order valence-electron chi connectivity index (χ1n) is 10.7. The SMILES string of the molecule is O=C(NCc1ccc(C(=O)Nc2ccc(F)cc2)cc1)NC1CCC2(CC1)NC(=O)NC2=O. The molecule has 2 aromatic carbocycles. The average Bonchev–Trinajstić information content (AvgIpc) is 3.08. The lowest BCUT2D eigenvalue weighted by atomic mass is 9.79. The number of rotatable bonds is 5. The first-order chi connectivity index (χ1) is 15.8. The van der Waals surface area contributed by atoms with E-state index in [9.17, 15) is 23.6 Å². The second-order valence-corrected chi connectivity index (χ2v) is 8.25. The van der Waals surface area contributed by atoms with Crippen molar-refractivity contribution >= 4 is 29.6 Å². The van der Waals surface area contributed by atoms with Gasteiger partial charge in [-0.05, 0) is 67.6 Å². The Kier molecular flexibility index (Phi) is 6.25. The van der Waals surface area contributed by atoms with Crippen LogP contribution in [0.4, 0.5) is 19.7 Å². The molecule has 6 amide bonds. The Balaban J connectivity index is 1.21. The molecule has 0 bridgehead atoms. The summed E-state index contributed by atoms with van der Waals surface area (Å²) >= 11 is 0. The number of hydrogen-bond acceptors (Lipinski definition) is 4. The number of amides is 6. The van der Waals surface area contributed by atoms with Gasteiger partial charge in [-0.2, -0.15) is 0 Å². The molecule has 1 heterocycles. The van der Waals surface area contributed by atoms with Crippen LogP contribution in [0.2, 0.25) is 0 Å². The minimum atomic E-state index is -0.851. The van der Waals surface area contributed by atoms with E-state index < -0.39 is 11.6 Å². The van der Waals surface area contributed by atoms with Crippen molar-refractivity contribution in [2.24, 2.45) is 0 Å². The molecule has 1 saturated carbocycles. The maximum absolute atomic E-state index is 13.0. The van der Waals surface area contributed by atoms with Crippen LogP contribution in [0.1, 0.15) is 41.6 Å². The van der Waals surface area contributed by atoms with E-state index in [0.717, 1.165) is 5.56 Å². The van der Waals surface area contributed by atoms with Crippen LogP contribution in [0, 0.1) is 5.82 Å². The van der Waals surface area contributed by atoms with E-state index in [1.807, 2.05) is 0 Å². The number of nitrogens with one attached hydrogen (secondary N) is 5. The molecule has 0 radical (unpaired) electrons. The molecule has 0 aromatic heterocycles. The zero-order valence-corrected chi connectivity index (χ0v) is 17.7. The fourth-order valence-electron chi connectivity index (χ4n) is 4.06. The fourth-order valence-corrected chi connectivity index (χ4v) is 4.06. The highest BCUT2D eigenvalue weighted by Crippen LogP contribution is 2.30. The molecule has 0 unspecified atom stereocenters. The molecule has 2 aromatic rings. The van der Waals surface area contributed by atoms with Gasteiger partial charge in [0.15, 0.2) is 0 Å². The molecule has 0 atom stereocenters. The summed E-state index contributed by atoms with van der Waals surface area (Å²) in [4.78, 5) is 47.9. The normalized spacial score (nSPS) is 21.8. The van der Waals surface area contributed by atoms with E-state index in [4.69, 9.17) is 0 Å². The van der Waals surface area contributed by atoms with E-state index in [1.165, 1.54) is 24.3 Å². The molecule has 1 aliphatic carbocycles. The highest BCUT2D eigenvalue weighted by molar-refractivity contribution is 6.07. The summed E-state index contributed by atoms with van der Waals surface area (Å²) in [6.45, 7) is 0.279. The van der Waals surface area contributed by atoms with Crippen molar-refractivity contribution in [3.05, 3.63) is 65.5 Å². The lowest BCUT2D eigenvalue weighted by Gasteiger charge is -2.34. The second-order valence-electron chi connectivity index (χ2n) is 8.25. The molecule has 2 fully saturated rings. The average molecular weight is 453 g/mol. The van der Waals surface area contributed by atoms with Crippen molar-refractivity contribution in [2.45, 2.75) is 43.8 Å². The second kappa shape index (κ2) is 9.27. The number of urea groups is 2.